The van der Waals surface area contributed by atoms with Crippen LogP contribution in [-0.4, -0.2) is 19.6 Å². The number of rotatable bonds is 4. The number of aromatic nitrogens is 3. The van der Waals surface area contributed by atoms with Gasteiger partial charge in [0.2, 0.25) is 5.88 Å². The summed E-state index contributed by atoms with van der Waals surface area (Å²) < 4.78 is 8.31. The largest absolute Gasteiger partial charge is 0.517 e. The number of benzene rings is 3. The van der Waals surface area contributed by atoms with Crippen LogP contribution in [0.2, 0.25) is 0 Å². The van der Waals surface area contributed by atoms with Gasteiger partial charge in [-0.25, -0.2) is 4.98 Å². The standard InChI is InChI=1S/C36H34N3O2.Pt/c1-35(2,3)24-21-28(33(40)29(22-24)36(4,5)6)23-12-9-13-25(20-23)41-32-18-10-17-31(38-32)39-30-16-8-7-14-26(30)27-15-11-19-37-34(27)39;/h7-19,21-22,40H,1-6H3;/q-1;. The molecule has 5 nitrogen and oxygen atoms in total. The van der Waals surface area contributed by atoms with Crippen LogP contribution in [0.1, 0.15) is 52.7 Å². The molecule has 0 amide bonds. The first-order valence-electron chi connectivity index (χ1n) is 13.9. The first-order chi connectivity index (χ1) is 19.5. The molecule has 0 unspecified atom stereocenters. The summed E-state index contributed by atoms with van der Waals surface area (Å²) in [7, 11) is 0. The molecule has 216 valence electrons. The van der Waals surface area contributed by atoms with Gasteiger partial charge in [0.25, 0.3) is 0 Å². The molecule has 0 atom stereocenters. The third-order valence-electron chi connectivity index (χ3n) is 7.43. The van der Waals surface area contributed by atoms with Crippen molar-refractivity contribution in [3.05, 3.63) is 108 Å². The molecule has 1 N–H and O–H groups in total. The Hall–Kier alpha value is -3.95. The molecule has 0 saturated carbocycles. The second-order valence-corrected chi connectivity index (χ2v) is 12.5. The first kappa shape index (κ1) is 29.5. The summed E-state index contributed by atoms with van der Waals surface area (Å²) in [6.45, 7) is 12.9. The van der Waals surface area contributed by atoms with E-state index in [1.54, 1.807) is 6.20 Å². The van der Waals surface area contributed by atoms with Crippen molar-refractivity contribution < 1.29 is 30.9 Å². The average molecular weight is 736 g/mol. The van der Waals surface area contributed by atoms with Crippen LogP contribution < -0.4 is 4.74 Å². The van der Waals surface area contributed by atoms with E-state index in [1.807, 2.05) is 54.6 Å². The average Bonchev–Trinajstić information content (AvgIpc) is 3.27. The van der Waals surface area contributed by atoms with Crippen LogP contribution in [0.15, 0.2) is 91.1 Å². The van der Waals surface area contributed by atoms with Gasteiger partial charge in [0, 0.05) is 49.9 Å². The summed E-state index contributed by atoms with van der Waals surface area (Å²) in [4.78, 5) is 9.52. The number of ether oxygens (including phenoxy) is 1. The van der Waals surface area contributed by atoms with Gasteiger partial charge in [0.1, 0.15) is 11.5 Å². The number of fused-ring (bicyclic) bond motifs is 3. The maximum atomic E-state index is 11.4. The van der Waals surface area contributed by atoms with Gasteiger partial charge < -0.3 is 9.84 Å². The molecule has 42 heavy (non-hydrogen) atoms. The fourth-order valence-electron chi connectivity index (χ4n) is 5.23. The van der Waals surface area contributed by atoms with E-state index in [0.717, 1.165) is 44.2 Å². The minimum absolute atomic E-state index is 0. The maximum Gasteiger partial charge on any atom is 0.219 e. The van der Waals surface area contributed by atoms with E-state index >= 15 is 0 Å². The Morgan fingerprint density at radius 2 is 1.52 bits per heavy atom. The van der Waals surface area contributed by atoms with E-state index in [-0.39, 0.29) is 37.6 Å². The van der Waals surface area contributed by atoms with Gasteiger partial charge in [-0.15, -0.1) is 23.8 Å². The van der Waals surface area contributed by atoms with Gasteiger partial charge in [-0.1, -0.05) is 95.1 Å². The Morgan fingerprint density at radius 1 is 0.786 bits per heavy atom. The fraction of sp³-hybridized carbons (Fsp3) is 0.222. The van der Waals surface area contributed by atoms with Crippen molar-refractivity contribution >= 4 is 21.9 Å². The quantitative estimate of drug-likeness (QED) is 0.184. The molecule has 0 spiro atoms. The summed E-state index contributed by atoms with van der Waals surface area (Å²) in [6, 6.07) is 31.3. The normalized spacial score (nSPS) is 12.0. The second kappa shape index (κ2) is 11.0. The van der Waals surface area contributed by atoms with Crippen LogP contribution in [0, 0.1) is 6.07 Å². The molecular weight excluding hydrogens is 701 g/mol. The molecule has 3 aromatic carbocycles. The van der Waals surface area contributed by atoms with Gasteiger partial charge >= 0.3 is 0 Å². The van der Waals surface area contributed by atoms with E-state index in [0.29, 0.717) is 17.4 Å². The van der Waals surface area contributed by atoms with Crippen LogP contribution in [0.25, 0.3) is 38.9 Å². The molecule has 6 rings (SSSR count). The van der Waals surface area contributed by atoms with Gasteiger partial charge in [-0.05, 0) is 40.7 Å². The van der Waals surface area contributed by atoms with Crippen molar-refractivity contribution in [1.82, 2.24) is 14.5 Å². The van der Waals surface area contributed by atoms with Crippen LogP contribution >= 0.6 is 0 Å². The number of hydrogen-bond acceptors (Lipinski definition) is 4. The van der Waals surface area contributed by atoms with E-state index < -0.39 is 0 Å². The van der Waals surface area contributed by atoms with E-state index in [4.69, 9.17) is 9.72 Å². The summed E-state index contributed by atoms with van der Waals surface area (Å²) in [5, 5.41) is 13.6. The number of hydrogen-bond donors (Lipinski definition) is 1. The summed E-state index contributed by atoms with van der Waals surface area (Å²) in [5.74, 6) is 1.96. The van der Waals surface area contributed by atoms with Gasteiger partial charge in [-0.3, -0.25) is 4.57 Å². The molecule has 0 aliphatic rings. The topological polar surface area (TPSA) is 60.2 Å². The van der Waals surface area contributed by atoms with Crippen molar-refractivity contribution in [3.8, 4) is 34.3 Å². The number of aromatic hydroxyl groups is 1. The minimum atomic E-state index is -0.222. The molecule has 6 aromatic rings. The number of phenolic OH excluding ortho intramolecular Hbond substituents is 1. The zero-order valence-electron chi connectivity index (χ0n) is 24.7. The Kier molecular flexibility index (Phi) is 7.76. The Balaban J connectivity index is 0.00000353. The smallest absolute Gasteiger partial charge is 0.219 e. The zero-order chi connectivity index (χ0) is 28.9. The molecule has 0 saturated heterocycles. The van der Waals surface area contributed by atoms with Crippen LogP contribution in [0.4, 0.5) is 0 Å². The van der Waals surface area contributed by atoms with Gasteiger partial charge in [0.05, 0.1) is 11.3 Å². The molecule has 3 heterocycles. The monoisotopic (exact) mass is 735 g/mol. The molecule has 3 aromatic heterocycles. The predicted molar refractivity (Wildman–Crippen MR) is 166 cm³/mol. The number of para-hydroxylation sites is 1. The number of pyridine rings is 2. The first-order valence-corrected chi connectivity index (χ1v) is 13.9. The Morgan fingerprint density at radius 3 is 2.29 bits per heavy atom. The van der Waals surface area contributed by atoms with Crippen LogP contribution in [0.5, 0.6) is 17.4 Å². The second-order valence-electron chi connectivity index (χ2n) is 12.5. The minimum Gasteiger partial charge on any atom is -0.517 e. The van der Waals surface area contributed by atoms with Gasteiger partial charge in [0.15, 0.2) is 0 Å². The molecule has 0 fully saturated rings. The summed E-state index contributed by atoms with van der Waals surface area (Å²) >= 11 is 0. The van der Waals surface area contributed by atoms with E-state index in [1.165, 1.54) is 0 Å². The number of phenols is 1. The maximum absolute atomic E-state index is 11.4. The molecule has 6 heteroatoms. The summed E-state index contributed by atoms with van der Waals surface area (Å²) in [5.41, 5.74) is 5.14. The third-order valence-corrected chi connectivity index (χ3v) is 7.43. The van der Waals surface area contributed by atoms with Gasteiger partial charge in [-0.2, -0.15) is 4.98 Å². The third kappa shape index (κ3) is 5.46. The molecular formula is C36H34N3O2Pt-. The van der Waals surface area contributed by atoms with Crippen molar-refractivity contribution in [3.63, 3.8) is 0 Å². The SMILES string of the molecule is CC(C)(C)c1cc(-c2[c-]c(Oc3cccc(-n4c5ccccc5c5cccnc54)n3)ccc2)c(O)c(C(C)(C)C)c1.[Pt]. The van der Waals surface area contributed by atoms with Crippen molar-refractivity contribution in [2.75, 3.05) is 0 Å². The predicted octanol–water partition coefficient (Wildman–Crippen LogP) is 9.13. The summed E-state index contributed by atoms with van der Waals surface area (Å²) in [6.07, 6.45) is 1.80. The Bertz CT molecular complexity index is 1860. The molecule has 0 bridgehead atoms. The van der Waals surface area contributed by atoms with E-state index in [9.17, 15) is 5.11 Å². The van der Waals surface area contributed by atoms with Crippen molar-refractivity contribution in [1.29, 1.82) is 0 Å². The number of nitrogens with zero attached hydrogens (tertiary/aromatic N) is 3. The van der Waals surface area contributed by atoms with Crippen LogP contribution in [0.3, 0.4) is 0 Å². The van der Waals surface area contributed by atoms with E-state index in [2.05, 4.69) is 87.5 Å². The van der Waals surface area contributed by atoms with Crippen molar-refractivity contribution in [2.45, 2.75) is 52.4 Å². The molecule has 0 aliphatic carbocycles. The molecule has 0 aliphatic heterocycles. The Labute approximate surface area is 261 Å². The molecule has 0 radical (unpaired) electrons. The zero-order valence-corrected chi connectivity index (χ0v) is 26.9. The van der Waals surface area contributed by atoms with Crippen molar-refractivity contribution in [2.24, 2.45) is 0 Å². The fourth-order valence-corrected chi connectivity index (χ4v) is 5.23. The van der Waals surface area contributed by atoms with Crippen LogP contribution in [-0.2, 0) is 31.9 Å².